The Bertz CT molecular complexity index is 1510. The van der Waals surface area contributed by atoms with E-state index < -0.39 is 37.2 Å². The Morgan fingerprint density at radius 2 is 1.88 bits per heavy atom. The molecule has 2 aliphatic heterocycles. The predicted molar refractivity (Wildman–Crippen MR) is 165 cm³/mol. The van der Waals surface area contributed by atoms with Crippen LogP contribution in [0.3, 0.4) is 0 Å². The second-order valence-electron chi connectivity index (χ2n) is 12.8. The number of halogens is 3. The molecule has 1 saturated carbocycles. The van der Waals surface area contributed by atoms with Crippen molar-refractivity contribution in [2.24, 2.45) is 0 Å². The molecule has 12 heteroatoms. The molecule has 1 aliphatic carbocycles. The second-order valence-corrected chi connectivity index (χ2v) is 17.6. The molecule has 1 aromatic carbocycles. The highest BCUT2D eigenvalue weighted by Crippen LogP contribution is 2.48. The van der Waals surface area contributed by atoms with E-state index in [4.69, 9.17) is 22.2 Å². The number of nitrogens with zero attached hydrogens (tertiary/aromatic N) is 4. The monoisotopic (exact) mass is 628 g/mol. The smallest absolute Gasteiger partial charge is 0.419 e. The van der Waals surface area contributed by atoms with Crippen LogP contribution in [0.2, 0.25) is 18.1 Å². The van der Waals surface area contributed by atoms with Gasteiger partial charge in [-0.15, -0.1) is 0 Å². The quantitative estimate of drug-likeness (QED) is 0.254. The summed E-state index contributed by atoms with van der Waals surface area (Å²) in [6.45, 7) is 8.17. The third-order valence-corrected chi connectivity index (χ3v) is 13.3. The van der Waals surface area contributed by atoms with Gasteiger partial charge in [-0.3, -0.25) is 9.69 Å². The lowest BCUT2D eigenvalue weighted by atomic mass is 9.75. The summed E-state index contributed by atoms with van der Waals surface area (Å²) in [6, 6.07) is 9.76. The third kappa shape index (κ3) is 5.58. The number of rotatable bonds is 7. The molecule has 43 heavy (non-hydrogen) atoms. The average molecular weight is 629 g/mol. The summed E-state index contributed by atoms with van der Waals surface area (Å²) >= 11 is 5.71. The molecule has 0 bridgehead atoms. The van der Waals surface area contributed by atoms with Crippen LogP contribution in [0.4, 0.5) is 24.5 Å². The fourth-order valence-electron chi connectivity index (χ4n) is 5.77. The van der Waals surface area contributed by atoms with E-state index in [0.717, 1.165) is 60.6 Å². The van der Waals surface area contributed by atoms with Crippen molar-refractivity contribution in [3.05, 3.63) is 59.4 Å². The number of nitriles is 1. The number of alkyl halides is 3. The van der Waals surface area contributed by atoms with Crippen molar-refractivity contribution in [1.82, 2.24) is 4.98 Å². The van der Waals surface area contributed by atoms with E-state index in [1.807, 2.05) is 37.4 Å². The summed E-state index contributed by atoms with van der Waals surface area (Å²) in [7, 11) is -2.31. The lowest BCUT2D eigenvalue weighted by Crippen LogP contribution is -2.55. The van der Waals surface area contributed by atoms with Crippen molar-refractivity contribution in [1.29, 1.82) is 5.26 Å². The highest BCUT2D eigenvalue weighted by atomic mass is 32.1. The number of carbonyl (C=O) groups is 1. The van der Waals surface area contributed by atoms with Gasteiger partial charge in [-0.1, -0.05) is 13.8 Å². The van der Waals surface area contributed by atoms with Crippen LogP contribution < -0.4 is 9.80 Å². The van der Waals surface area contributed by atoms with Crippen LogP contribution in [-0.4, -0.2) is 40.8 Å². The normalized spacial score (nSPS) is 20.5. The minimum Gasteiger partial charge on any atom is -0.490 e. The van der Waals surface area contributed by atoms with E-state index in [9.17, 15) is 22.8 Å². The van der Waals surface area contributed by atoms with Gasteiger partial charge in [0, 0.05) is 11.3 Å². The fourth-order valence-corrected chi connectivity index (χ4v) is 6.99. The molecule has 3 heterocycles. The molecule has 1 unspecified atom stereocenters. The number of thiocarbonyl (C=S) groups is 1. The molecular formula is C31H35F3N4O3SSi. The Hall–Kier alpha value is -3.27. The number of anilines is 2. The summed E-state index contributed by atoms with van der Waals surface area (Å²) in [4.78, 5) is 30.9. The molecule has 0 radical (unpaired) electrons. The largest absolute Gasteiger partial charge is 0.490 e. The number of allylic oxidation sites excluding steroid dienone is 1. The molecule has 1 N–H and O–H groups in total. The Kier molecular flexibility index (Phi) is 7.99. The van der Waals surface area contributed by atoms with Gasteiger partial charge in [0.25, 0.3) is 5.91 Å². The van der Waals surface area contributed by atoms with Crippen molar-refractivity contribution >= 4 is 48.7 Å². The zero-order chi connectivity index (χ0) is 31.4. The first-order valence-corrected chi connectivity index (χ1v) is 17.8. The third-order valence-electron chi connectivity index (χ3n) is 9.40. The molecule has 1 saturated heterocycles. The van der Waals surface area contributed by atoms with Gasteiger partial charge in [-0.05, 0) is 112 Å². The van der Waals surface area contributed by atoms with Gasteiger partial charge in [0.05, 0.1) is 23.6 Å². The summed E-state index contributed by atoms with van der Waals surface area (Å²) < 4.78 is 47.4. The topological polar surface area (TPSA) is 89.7 Å². The molecule has 5 rings (SSSR count). The van der Waals surface area contributed by atoms with Crippen LogP contribution in [0, 0.1) is 11.3 Å². The van der Waals surface area contributed by atoms with Crippen molar-refractivity contribution in [3.63, 3.8) is 0 Å². The van der Waals surface area contributed by atoms with Gasteiger partial charge < -0.3 is 14.4 Å². The maximum absolute atomic E-state index is 13.7. The van der Waals surface area contributed by atoms with Crippen LogP contribution in [0.25, 0.3) is 5.76 Å². The van der Waals surface area contributed by atoms with Crippen LogP contribution in [0.15, 0.2) is 42.6 Å². The van der Waals surface area contributed by atoms with Crippen LogP contribution in [-0.2, 0) is 15.7 Å². The number of amides is 1. The highest BCUT2D eigenvalue weighted by Gasteiger charge is 2.59. The molecule has 3 aliphatic rings. The van der Waals surface area contributed by atoms with Crippen LogP contribution in [0.1, 0.15) is 75.6 Å². The lowest BCUT2D eigenvalue weighted by Gasteiger charge is -2.43. The van der Waals surface area contributed by atoms with Crippen molar-refractivity contribution in [2.75, 3.05) is 9.80 Å². The zero-order valence-electron chi connectivity index (χ0n) is 24.7. The Morgan fingerprint density at radius 3 is 2.44 bits per heavy atom. The molecule has 1 atom stereocenters. The average Bonchev–Trinajstić information content (AvgIpc) is 3.17. The Labute approximate surface area is 256 Å². The van der Waals surface area contributed by atoms with Crippen molar-refractivity contribution in [3.8, 4) is 6.07 Å². The first kappa shape index (κ1) is 31.2. The highest BCUT2D eigenvalue weighted by molar-refractivity contribution is 7.81. The number of benzene rings is 1. The zero-order valence-corrected chi connectivity index (χ0v) is 26.5. The first-order chi connectivity index (χ1) is 20.1. The number of carbonyl (C=O) groups excluding carboxylic acids is 1. The lowest BCUT2D eigenvalue weighted by molar-refractivity contribution is -0.138. The summed E-state index contributed by atoms with van der Waals surface area (Å²) in [5.41, 5.74) is -1.53. The number of aromatic nitrogens is 1. The minimum absolute atomic E-state index is 0.0495. The molecule has 7 nitrogen and oxygen atoms in total. The second kappa shape index (κ2) is 11.0. The van der Waals surface area contributed by atoms with Gasteiger partial charge in [0.1, 0.15) is 17.4 Å². The van der Waals surface area contributed by atoms with Crippen molar-refractivity contribution < 1.29 is 27.5 Å². The van der Waals surface area contributed by atoms with Gasteiger partial charge >= 0.3 is 6.18 Å². The maximum Gasteiger partial charge on any atom is 0.419 e. The molecular weight excluding hydrogens is 594 g/mol. The molecule has 1 spiro atoms. The fraction of sp³-hybridized carbons (Fsp3) is 0.484. The summed E-state index contributed by atoms with van der Waals surface area (Å²) in [6.07, 6.45) is 3.71. The Balaban J connectivity index is 1.37. The van der Waals surface area contributed by atoms with E-state index in [1.54, 1.807) is 4.90 Å². The Morgan fingerprint density at radius 1 is 1.21 bits per heavy atom. The molecule has 228 valence electrons. The van der Waals surface area contributed by atoms with Crippen LogP contribution in [0.5, 0.6) is 0 Å². The number of hydrogen-bond acceptors (Lipinski definition) is 6. The molecule has 2 fully saturated rings. The predicted octanol–water partition coefficient (Wildman–Crippen LogP) is 7.31. The summed E-state index contributed by atoms with van der Waals surface area (Å²) in [5, 5.41) is 9.08. The summed E-state index contributed by atoms with van der Waals surface area (Å²) in [5.74, 6) is 0.384. The van der Waals surface area contributed by atoms with E-state index in [-0.39, 0.29) is 21.9 Å². The SMILES string of the molecule is CC(C)(CCC1CCC=C(c2ccc(N3C(=S)N(c4cnc(C#N)c(C(F)(F)F)c4)C(=O)C34CCC4)cc2)O1)[Si](C)(C)O. The van der Waals surface area contributed by atoms with E-state index >= 15 is 0 Å². The van der Waals surface area contributed by atoms with Crippen LogP contribution >= 0.6 is 12.2 Å². The van der Waals surface area contributed by atoms with Gasteiger partial charge in [-0.25, -0.2) is 4.98 Å². The maximum atomic E-state index is 13.7. The van der Waals surface area contributed by atoms with Gasteiger partial charge in [-0.2, -0.15) is 18.4 Å². The molecule has 1 amide bonds. The van der Waals surface area contributed by atoms with E-state index in [0.29, 0.717) is 18.5 Å². The first-order valence-electron chi connectivity index (χ1n) is 14.4. The standard InChI is InChI=1S/C31H35F3N4O3SSi/c1-29(2,43(3,4)40)16-13-23-7-5-8-26(41-23)20-9-11-21(12-10-20)38-28(42)37(27(39)30(38)14-6-15-30)22-17-24(31(32,33)34)25(18-35)36-19-22/h8-12,17,19,23,40H,5-7,13-16H2,1-4H3. The number of ether oxygens (including phenoxy) is 1. The van der Waals surface area contributed by atoms with Gasteiger partial charge in [0.2, 0.25) is 0 Å². The van der Waals surface area contributed by atoms with E-state index in [1.165, 1.54) is 6.07 Å². The van der Waals surface area contributed by atoms with Gasteiger partial charge in [0.15, 0.2) is 19.1 Å². The molecule has 2 aromatic rings. The van der Waals surface area contributed by atoms with E-state index in [2.05, 4.69) is 24.9 Å². The van der Waals surface area contributed by atoms with Crippen molar-refractivity contribution in [2.45, 2.75) is 94.7 Å². The number of hydrogen-bond donors (Lipinski definition) is 1. The number of pyridine rings is 1. The minimum atomic E-state index is -4.82. The molecule has 1 aromatic heterocycles.